The number of nitrogens with one attached hydrogen (secondary N) is 1. The van der Waals surface area contributed by atoms with Crippen LogP contribution in [0.25, 0.3) is 0 Å². The van der Waals surface area contributed by atoms with Gasteiger partial charge < -0.3 is 4.90 Å². The lowest BCUT2D eigenvalue weighted by Gasteiger charge is -2.31. The number of likely N-dealkylation sites (tertiary alicyclic amines) is 1. The van der Waals surface area contributed by atoms with E-state index in [1.54, 1.807) is 25.7 Å². The Labute approximate surface area is 135 Å². The van der Waals surface area contributed by atoms with Crippen molar-refractivity contribution in [1.82, 2.24) is 19.2 Å². The Bertz CT molecular complexity index is 619. The van der Waals surface area contributed by atoms with Crippen molar-refractivity contribution >= 4 is 27.5 Å². The molecule has 0 spiro atoms. The molecule has 0 atom stereocenters. The van der Waals surface area contributed by atoms with E-state index in [-0.39, 0.29) is 11.8 Å². The highest BCUT2D eigenvalue weighted by Gasteiger charge is 2.27. The van der Waals surface area contributed by atoms with Gasteiger partial charge in [-0.2, -0.15) is 0 Å². The second-order valence-electron chi connectivity index (χ2n) is 5.87. The van der Waals surface area contributed by atoms with Crippen molar-refractivity contribution in [2.45, 2.75) is 38.9 Å². The topological polar surface area (TPSA) is 92.3 Å². The van der Waals surface area contributed by atoms with Gasteiger partial charge in [0.1, 0.15) is 4.88 Å². The van der Waals surface area contributed by atoms with Crippen molar-refractivity contribution in [3.8, 4) is 0 Å². The Kier molecular flexibility index (Phi) is 5.51. The van der Waals surface area contributed by atoms with E-state index in [4.69, 9.17) is 0 Å². The first-order valence-corrected chi connectivity index (χ1v) is 9.70. The zero-order valence-electron chi connectivity index (χ0n) is 13.1. The SMILES string of the molecule is Cc1nnsc1C(=O)N1CCC(CNS(=O)(=O)C(C)C)CC1. The molecule has 1 aromatic heterocycles. The normalized spacial score (nSPS) is 17.2. The zero-order valence-corrected chi connectivity index (χ0v) is 14.7. The van der Waals surface area contributed by atoms with Crippen LogP contribution >= 0.6 is 11.5 Å². The van der Waals surface area contributed by atoms with Crippen LogP contribution in [-0.2, 0) is 10.0 Å². The summed E-state index contributed by atoms with van der Waals surface area (Å²) < 4.78 is 30.0. The predicted molar refractivity (Wildman–Crippen MR) is 85.3 cm³/mol. The summed E-state index contributed by atoms with van der Waals surface area (Å²) in [5.74, 6) is 0.256. The van der Waals surface area contributed by atoms with Gasteiger partial charge in [-0.1, -0.05) is 4.49 Å². The van der Waals surface area contributed by atoms with E-state index in [1.165, 1.54) is 0 Å². The van der Waals surface area contributed by atoms with Crippen LogP contribution in [0.5, 0.6) is 0 Å². The average Bonchev–Trinajstić information content (AvgIpc) is 2.91. The smallest absolute Gasteiger partial charge is 0.267 e. The standard InChI is InChI=1S/C13H22N4O3S2/c1-9(2)22(19,20)14-8-11-4-6-17(7-5-11)13(18)12-10(3)15-16-21-12/h9,11,14H,4-8H2,1-3H3. The highest BCUT2D eigenvalue weighted by Crippen LogP contribution is 2.20. The van der Waals surface area contributed by atoms with E-state index in [0.717, 1.165) is 24.4 Å². The van der Waals surface area contributed by atoms with Gasteiger partial charge in [0.2, 0.25) is 10.0 Å². The number of nitrogens with zero attached hydrogens (tertiary/aromatic N) is 3. The minimum absolute atomic E-state index is 0.0197. The van der Waals surface area contributed by atoms with Crippen molar-refractivity contribution in [3.05, 3.63) is 10.6 Å². The van der Waals surface area contributed by atoms with Gasteiger partial charge in [0.15, 0.2) is 0 Å². The summed E-state index contributed by atoms with van der Waals surface area (Å²) in [6.45, 7) is 6.84. The highest BCUT2D eigenvalue weighted by atomic mass is 32.2. The Hall–Kier alpha value is -1.06. The summed E-state index contributed by atoms with van der Waals surface area (Å²) in [5, 5.41) is 3.44. The fourth-order valence-electron chi connectivity index (χ4n) is 2.31. The Morgan fingerprint density at radius 3 is 2.55 bits per heavy atom. The molecule has 0 bridgehead atoms. The van der Waals surface area contributed by atoms with Crippen molar-refractivity contribution in [1.29, 1.82) is 0 Å². The number of carbonyl (C=O) groups excluding carboxylic acids is 1. The number of rotatable bonds is 5. The van der Waals surface area contributed by atoms with Crippen LogP contribution in [0.3, 0.4) is 0 Å². The van der Waals surface area contributed by atoms with Crippen molar-refractivity contribution in [3.63, 3.8) is 0 Å². The van der Waals surface area contributed by atoms with E-state index >= 15 is 0 Å². The maximum atomic E-state index is 12.3. The number of aryl methyl sites for hydroxylation is 1. The monoisotopic (exact) mass is 346 g/mol. The fraction of sp³-hybridized carbons (Fsp3) is 0.769. The van der Waals surface area contributed by atoms with Gasteiger partial charge >= 0.3 is 0 Å². The molecule has 7 nitrogen and oxygen atoms in total. The first kappa shape index (κ1) is 17.3. The molecule has 9 heteroatoms. The van der Waals surface area contributed by atoms with Gasteiger partial charge in [-0.05, 0) is 51.1 Å². The summed E-state index contributed by atoms with van der Waals surface area (Å²) in [4.78, 5) is 14.7. The summed E-state index contributed by atoms with van der Waals surface area (Å²) >= 11 is 1.12. The molecule has 1 aromatic rings. The minimum Gasteiger partial charge on any atom is -0.338 e. The van der Waals surface area contributed by atoms with Crippen LogP contribution in [0.15, 0.2) is 0 Å². The molecule has 1 aliphatic heterocycles. The number of aromatic nitrogens is 2. The van der Waals surface area contributed by atoms with Gasteiger partial charge in [-0.15, -0.1) is 5.10 Å². The first-order valence-electron chi connectivity index (χ1n) is 7.38. The first-order chi connectivity index (χ1) is 10.3. The number of sulfonamides is 1. The molecule has 1 amide bonds. The third kappa shape index (κ3) is 4.02. The van der Waals surface area contributed by atoms with E-state index in [0.29, 0.717) is 30.2 Å². The Morgan fingerprint density at radius 1 is 1.41 bits per heavy atom. The molecule has 0 aromatic carbocycles. The molecule has 0 radical (unpaired) electrons. The average molecular weight is 346 g/mol. The molecular formula is C13H22N4O3S2. The van der Waals surface area contributed by atoms with Crippen LogP contribution in [0.4, 0.5) is 0 Å². The van der Waals surface area contributed by atoms with Gasteiger partial charge in [0.05, 0.1) is 10.9 Å². The summed E-state index contributed by atoms with van der Waals surface area (Å²) in [7, 11) is -3.21. The lowest BCUT2D eigenvalue weighted by Crippen LogP contribution is -2.42. The molecule has 1 N–H and O–H groups in total. The second-order valence-corrected chi connectivity index (χ2v) is 8.94. The van der Waals surface area contributed by atoms with Gasteiger partial charge in [0, 0.05) is 19.6 Å². The predicted octanol–water partition coefficient (Wildman–Crippen LogP) is 1.03. The third-order valence-corrected chi connectivity index (χ3v) is 6.57. The second kappa shape index (κ2) is 7.01. The summed E-state index contributed by atoms with van der Waals surface area (Å²) in [6, 6.07) is 0. The van der Waals surface area contributed by atoms with Crippen LogP contribution in [-0.4, -0.2) is 53.7 Å². The summed E-state index contributed by atoms with van der Waals surface area (Å²) in [6.07, 6.45) is 1.61. The Balaban J connectivity index is 1.84. The van der Waals surface area contributed by atoms with E-state index in [1.807, 2.05) is 0 Å². The van der Waals surface area contributed by atoms with Crippen molar-refractivity contribution in [2.24, 2.45) is 5.92 Å². The number of hydrogen-bond acceptors (Lipinski definition) is 6. The van der Waals surface area contributed by atoms with Crippen molar-refractivity contribution in [2.75, 3.05) is 19.6 Å². The van der Waals surface area contributed by atoms with Gasteiger partial charge in [-0.25, -0.2) is 13.1 Å². The molecule has 2 rings (SSSR count). The zero-order chi connectivity index (χ0) is 16.3. The maximum absolute atomic E-state index is 12.3. The molecule has 1 fully saturated rings. The molecule has 124 valence electrons. The van der Waals surface area contributed by atoms with Crippen LogP contribution in [0, 0.1) is 12.8 Å². The van der Waals surface area contributed by atoms with Gasteiger partial charge in [0.25, 0.3) is 5.91 Å². The molecular weight excluding hydrogens is 324 g/mol. The number of carbonyl (C=O) groups is 1. The molecule has 1 saturated heterocycles. The lowest BCUT2D eigenvalue weighted by molar-refractivity contribution is 0.0696. The molecule has 0 saturated carbocycles. The van der Waals surface area contributed by atoms with E-state index in [2.05, 4.69) is 14.3 Å². The van der Waals surface area contributed by atoms with Gasteiger partial charge in [-0.3, -0.25) is 4.79 Å². The van der Waals surface area contributed by atoms with Crippen LogP contribution in [0.1, 0.15) is 42.1 Å². The third-order valence-electron chi connectivity index (χ3n) is 3.94. The summed E-state index contributed by atoms with van der Waals surface area (Å²) in [5.41, 5.74) is 0.668. The molecule has 0 unspecified atom stereocenters. The van der Waals surface area contributed by atoms with E-state index < -0.39 is 15.3 Å². The van der Waals surface area contributed by atoms with Crippen LogP contribution in [0.2, 0.25) is 0 Å². The number of hydrogen-bond donors (Lipinski definition) is 1. The number of piperidine rings is 1. The minimum atomic E-state index is -3.21. The largest absolute Gasteiger partial charge is 0.338 e. The number of amides is 1. The molecule has 1 aliphatic rings. The molecule has 2 heterocycles. The quantitative estimate of drug-likeness (QED) is 0.859. The molecule has 22 heavy (non-hydrogen) atoms. The van der Waals surface area contributed by atoms with Crippen LogP contribution < -0.4 is 4.72 Å². The highest BCUT2D eigenvalue weighted by molar-refractivity contribution is 7.90. The maximum Gasteiger partial charge on any atom is 0.267 e. The Morgan fingerprint density at radius 2 is 2.05 bits per heavy atom. The molecule has 0 aliphatic carbocycles. The van der Waals surface area contributed by atoms with E-state index in [9.17, 15) is 13.2 Å². The van der Waals surface area contributed by atoms with Crippen molar-refractivity contribution < 1.29 is 13.2 Å². The lowest BCUT2D eigenvalue weighted by atomic mass is 9.97. The fourth-order valence-corrected chi connectivity index (χ4v) is 3.74.